The van der Waals surface area contributed by atoms with E-state index in [2.05, 4.69) is 56.9 Å². The molecule has 1 unspecified atom stereocenters. The second-order valence-corrected chi connectivity index (χ2v) is 7.82. The van der Waals surface area contributed by atoms with Crippen LogP contribution in [0.15, 0.2) is 55.1 Å². The number of rotatable bonds is 9. The molecule has 0 aliphatic heterocycles. The van der Waals surface area contributed by atoms with Gasteiger partial charge in [0.25, 0.3) is 5.24 Å². The molecule has 0 aliphatic rings. The molecule has 1 aromatic carbocycles. The minimum absolute atomic E-state index is 0.221. The number of aromatic amines is 2. The zero-order valence-electron chi connectivity index (χ0n) is 17.3. The van der Waals surface area contributed by atoms with Gasteiger partial charge in [0, 0.05) is 42.5 Å². The zero-order valence-corrected chi connectivity index (χ0v) is 18.2. The monoisotopic (exact) mass is 435 g/mol. The van der Waals surface area contributed by atoms with Gasteiger partial charge in [-0.1, -0.05) is 32.0 Å². The first-order valence-corrected chi connectivity index (χ1v) is 10.7. The number of carbonyl (C=O) groups excluding carboxylic acids is 1. The number of hydrogen-bond acceptors (Lipinski definition) is 4. The molecule has 0 saturated heterocycles. The maximum absolute atomic E-state index is 11.8. The number of benzene rings is 1. The van der Waals surface area contributed by atoms with Crippen LogP contribution in [-0.4, -0.2) is 25.2 Å². The van der Waals surface area contributed by atoms with Gasteiger partial charge in [0.15, 0.2) is 5.65 Å². The lowest BCUT2D eigenvalue weighted by Gasteiger charge is -2.20. The summed E-state index contributed by atoms with van der Waals surface area (Å²) in [5.74, 6) is 0.754. The maximum atomic E-state index is 11.8. The number of nitrogens with zero attached hydrogens (tertiary/aromatic N) is 2. The summed E-state index contributed by atoms with van der Waals surface area (Å²) in [5, 5.41) is 2.59. The van der Waals surface area contributed by atoms with E-state index in [1.54, 1.807) is 12.4 Å². The van der Waals surface area contributed by atoms with Gasteiger partial charge in [0.2, 0.25) is 0 Å². The van der Waals surface area contributed by atoms with Crippen molar-refractivity contribution >= 4 is 29.0 Å². The van der Waals surface area contributed by atoms with Gasteiger partial charge in [0.05, 0.1) is 6.04 Å². The van der Waals surface area contributed by atoms with Crippen LogP contribution in [0.1, 0.15) is 41.8 Å². The summed E-state index contributed by atoms with van der Waals surface area (Å²) in [7, 11) is 0. The molecule has 0 saturated carbocycles. The number of carbonyl (C=O) groups is 1. The van der Waals surface area contributed by atoms with Gasteiger partial charge in [-0.2, -0.15) is 0 Å². The molecule has 8 heteroatoms. The van der Waals surface area contributed by atoms with Gasteiger partial charge in [-0.3, -0.25) is 9.78 Å². The number of nitrogens with one attached hydrogen (secondary N) is 3. The maximum Gasteiger partial charge on any atom is 0.276 e. The number of amides is 1. The molecule has 0 bridgehead atoms. The van der Waals surface area contributed by atoms with E-state index in [4.69, 9.17) is 4.74 Å². The minimum Gasteiger partial charge on any atom is -0.489 e. The third-order valence-electron chi connectivity index (χ3n) is 5.09. The molecule has 3 N–H and O–H groups in total. The van der Waals surface area contributed by atoms with Crippen molar-refractivity contribution in [2.75, 3.05) is 0 Å². The Labute approximate surface area is 186 Å². The van der Waals surface area contributed by atoms with Gasteiger partial charge in [-0.15, -0.1) is 0 Å². The molecule has 4 rings (SSSR count). The number of thiol groups is 1. The van der Waals surface area contributed by atoms with Crippen molar-refractivity contribution in [2.45, 2.75) is 38.8 Å². The summed E-state index contributed by atoms with van der Waals surface area (Å²) in [6.45, 7) is 2.51. The van der Waals surface area contributed by atoms with Gasteiger partial charge in [0.1, 0.15) is 17.9 Å². The SMILES string of the molecule is CCCc1cc(OCc2c[nH]c3nccnc23)cc(C(Cc2ccc[nH]2)NC(=O)S)c1. The molecular formula is C23H25N5O2S. The number of aromatic nitrogens is 4. The number of aryl methyl sites for hydroxylation is 1. The standard InChI is InChI=1S/C23H25N5O2S/c1-2-4-15-9-16(20(28-23(29)31)12-18-5-3-6-24-18)11-19(10-15)30-14-17-13-27-22-21(17)25-7-8-26-22/h3,5-11,13,20,24H,2,4,12,14H2,1H3,(H,26,27)(H2,28,29,31). The lowest BCUT2D eigenvalue weighted by Crippen LogP contribution is -2.25. The Hall–Kier alpha value is -3.26. The van der Waals surface area contributed by atoms with Crippen LogP contribution in [-0.2, 0) is 19.4 Å². The molecule has 1 atom stereocenters. The highest BCUT2D eigenvalue weighted by Crippen LogP contribution is 2.27. The first kappa shape index (κ1) is 21.0. The summed E-state index contributed by atoms with van der Waals surface area (Å²) in [5.41, 5.74) is 5.67. The highest BCUT2D eigenvalue weighted by molar-refractivity contribution is 7.96. The van der Waals surface area contributed by atoms with E-state index in [0.717, 1.165) is 46.6 Å². The second kappa shape index (κ2) is 9.70. The Morgan fingerprint density at radius 1 is 1.23 bits per heavy atom. The van der Waals surface area contributed by atoms with E-state index in [1.807, 2.05) is 30.6 Å². The molecule has 4 aromatic rings. The number of fused-ring (bicyclic) bond motifs is 1. The Morgan fingerprint density at radius 2 is 2.10 bits per heavy atom. The number of H-pyrrole nitrogens is 2. The highest BCUT2D eigenvalue weighted by Gasteiger charge is 2.17. The normalized spacial score (nSPS) is 12.1. The molecule has 31 heavy (non-hydrogen) atoms. The van der Waals surface area contributed by atoms with E-state index in [0.29, 0.717) is 13.0 Å². The predicted molar refractivity (Wildman–Crippen MR) is 123 cm³/mol. The average molecular weight is 436 g/mol. The van der Waals surface area contributed by atoms with Gasteiger partial charge >= 0.3 is 0 Å². The predicted octanol–water partition coefficient (Wildman–Crippen LogP) is 4.74. The first-order valence-electron chi connectivity index (χ1n) is 10.3. The van der Waals surface area contributed by atoms with Crippen LogP contribution in [0.4, 0.5) is 4.79 Å². The fourth-order valence-electron chi connectivity index (χ4n) is 3.69. The summed E-state index contributed by atoms with van der Waals surface area (Å²) in [6.07, 6.45) is 9.65. The average Bonchev–Trinajstić information content (AvgIpc) is 3.41. The smallest absolute Gasteiger partial charge is 0.276 e. The molecule has 0 fully saturated rings. The van der Waals surface area contributed by atoms with Crippen LogP contribution >= 0.6 is 12.6 Å². The lowest BCUT2D eigenvalue weighted by atomic mass is 9.98. The minimum atomic E-state index is -0.364. The molecular weight excluding hydrogens is 410 g/mol. The zero-order chi connectivity index (χ0) is 21.6. The van der Waals surface area contributed by atoms with Crippen molar-refractivity contribution in [3.05, 3.63) is 77.5 Å². The molecule has 0 radical (unpaired) electrons. The largest absolute Gasteiger partial charge is 0.489 e. The highest BCUT2D eigenvalue weighted by atomic mass is 32.1. The fraction of sp³-hybridized carbons (Fsp3) is 0.261. The summed E-state index contributed by atoms with van der Waals surface area (Å²) in [6, 6.07) is 9.90. The number of hydrogen-bond donors (Lipinski definition) is 4. The molecule has 7 nitrogen and oxygen atoms in total. The van der Waals surface area contributed by atoms with Gasteiger partial charge in [-0.25, -0.2) is 4.98 Å². The van der Waals surface area contributed by atoms with Crippen LogP contribution in [0.2, 0.25) is 0 Å². The molecule has 0 spiro atoms. The molecule has 3 aromatic heterocycles. The van der Waals surface area contributed by atoms with Crippen molar-refractivity contribution in [3.8, 4) is 5.75 Å². The lowest BCUT2D eigenvalue weighted by molar-refractivity contribution is 0.257. The van der Waals surface area contributed by atoms with E-state index < -0.39 is 0 Å². The van der Waals surface area contributed by atoms with Crippen molar-refractivity contribution in [1.82, 2.24) is 25.3 Å². The fourth-order valence-corrected chi connectivity index (χ4v) is 3.85. The summed E-state index contributed by atoms with van der Waals surface area (Å²) < 4.78 is 6.15. The van der Waals surface area contributed by atoms with Crippen molar-refractivity contribution in [2.24, 2.45) is 0 Å². The van der Waals surface area contributed by atoms with E-state index in [1.165, 1.54) is 5.56 Å². The van der Waals surface area contributed by atoms with E-state index in [9.17, 15) is 4.79 Å². The Morgan fingerprint density at radius 3 is 2.87 bits per heavy atom. The third kappa shape index (κ3) is 5.27. The molecule has 3 heterocycles. The Kier molecular flexibility index (Phi) is 6.57. The van der Waals surface area contributed by atoms with Gasteiger partial charge in [-0.05, 0) is 41.8 Å². The van der Waals surface area contributed by atoms with Crippen LogP contribution in [0.3, 0.4) is 0 Å². The van der Waals surface area contributed by atoms with E-state index >= 15 is 0 Å². The molecule has 0 aliphatic carbocycles. The summed E-state index contributed by atoms with van der Waals surface area (Å²) in [4.78, 5) is 26.7. The van der Waals surface area contributed by atoms with Gasteiger partial charge < -0.3 is 20.0 Å². The summed E-state index contributed by atoms with van der Waals surface area (Å²) >= 11 is 3.94. The molecule has 1 amide bonds. The topological polar surface area (TPSA) is 95.7 Å². The van der Waals surface area contributed by atoms with Crippen molar-refractivity contribution < 1.29 is 9.53 Å². The third-order valence-corrected chi connectivity index (χ3v) is 5.22. The Balaban J connectivity index is 1.60. The van der Waals surface area contributed by atoms with E-state index in [-0.39, 0.29) is 11.3 Å². The van der Waals surface area contributed by atoms with Crippen LogP contribution in [0.25, 0.3) is 11.2 Å². The number of ether oxygens (including phenoxy) is 1. The second-order valence-electron chi connectivity index (χ2n) is 7.42. The molecule has 160 valence electrons. The van der Waals surface area contributed by atoms with Crippen LogP contribution < -0.4 is 10.1 Å². The first-order chi connectivity index (χ1) is 15.1. The Bertz CT molecular complexity index is 1160. The van der Waals surface area contributed by atoms with Crippen LogP contribution in [0, 0.1) is 0 Å². The quantitative estimate of drug-likeness (QED) is 0.286. The van der Waals surface area contributed by atoms with Crippen molar-refractivity contribution in [3.63, 3.8) is 0 Å². The van der Waals surface area contributed by atoms with Crippen molar-refractivity contribution in [1.29, 1.82) is 0 Å². The van der Waals surface area contributed by atoms with Crippen LogP contribution in [0.5, 0.6) is 5.75 Å².